The number of aliphatic hydroxyl groups excluding tert-OH is 1. The van der Waals surface area contributed by atoms with E-state index in [4.69, 9.17) is 0 Å². The lowest BCUT2D eigenvalue weighted by Crippen LogP contribution is -2.23. The molecule has 0 radical (unpaired) electrons. The summed E-state index contributed by atoms with van der Waals surface area (Å²) < 4.78 is 0. The van der Waals surface area contributed by atoms with Gasteiger partial charge in [0.2, 0.25) is 0 Å². The van der Waals surface area contributed by atoms with Gasteiger partial charge in [0.25, 0.3) is 0 Å². The minimum absolute atomic E-state index is 0.436. The van der Waals surface area contributed by atoms with Gasteiger partial charge in [0.1, 0.15) is 0 Å². The second kappa shape index (κ2) is 6.88. The first-order valence-corrected chi connectivity index (χ1v) is 6.19. The molecule has 0 aromatic rings. The maximum Gasteiger partial charge on any atom is 0.0798 e. The van der Waals surface area contributed by atoms with Crippen molar-refractivity contribution in [2.45, 2.75) is 57.3 Å². The third-order valence-electron chi connectivity index (χ3n) is 2.74. The summed E-state index contributed by atoms with van der Waals surface area (Å²) >= 11 is 0. The standard InChI is InChI=1S/C15H26O3/c1-6-15(5,18)11-9-13(16)12(2)8-7-10-14(3,4)17/h6-7,10,13,16-18H,1-2,8-9,11H2,3-5H3. The third-order valence-corrected chi connectivity index (χ3v) is 2.74. The molecule has 3 nitrogen and oxygen atoms in total. The summed E-state index contributed by atoms with van der Waals surface area (Å²) in [5.74, 6) is 0. The van der Waals surface area contributed by atoms with Crippen LogP contribution >= 0.6 is 0 Å². The highest BCUT2D eigenvalue weighted by Gasteiger charge is 2.18. The van der Waals surface area contributed by atoms with Crippen LogP contribution in [-0.4, -0.2) is 32.6 Å². The Kier molecular flexibility index (Phi) is 6.54. The zero-order valence-corrected chi connectivity index (χ0v) is 11.7. The van der Waals surface area contributed by atoms with E-state index >= 15 is 0 Å². The highest BCUT2D eigenvalue weighted by Crippen LogP contribution is 2.19. The highest BCUT2D eigenvalue weighted by atomic mass is 16.3. The van der Waals surface area contributed by atoms with Gasteiger partial charge in [-0.15, -0.1) is 6.58 Å². The first kappa shape index (κ1) is 17.1. The number of aliphatic hydroxyl groups is 3. The summed E-state index contributed by atoms with van der Waals surface area (Å²) in [5.41, 5.74) is -1.13. The number of allylic oxidation sites excluding steroid dienone is 1. The molecular formula is C15H26O3. The summed E-state index contributed by atoms with van der Waals surface area (Å²) in [4.78, 5) is 0. The molecule has 0 saturated heterocycles. The van der Waals surface area contributed by atoms with Gasteiger partial charge in [0.15, 0.2) is 0 Å². The van der Waals surface area contributed by atoms with Crippen molar-refractivity contribution >= 4 is 0 Å². The largest absolute Gasteiger partial charge is 0.389 e. The minimum atomic E-state index is -0.954. The fourth-order valence-electron chi connectivity index (χ4n) is 1.37. The van der Waals surface area contributed by atoms with Crippen molar-refractivity contribution < 1.29 is 15.3 Å². The van der Waals surface area contributed by atoms with E-state index in [9.17, 15) is 15.3 Å². The highest BCUT2D eigenvalue weighted by molar-refractivity contribution is 5.10. The van der Waals surface area contributed by atoms with E-state index in [1.54, 1.807) is 32.9 Å². The van der Waals surface area contributed by atoms with Crippen LogP contribution in [0.25, 0.3) is 0 Å². The van der Waals surface area contributed by atoms with E-state index in [-0.39, 0.29) is 0 Å². The summed E-state index contributed by atoms with van der Waals surface area (Å²) in [5, 5.41) is 29.1. The molecular weight excluding hydrogens is 228 g/mol. The van der Waals surface area contributed by atoms with Crippen molar-refractivity contribution in [2.24, 2.45) is 0 Å². The van der Waals surface area contributed by atoms with Crippen LogP contribution in [-0.2, 0) is 0 Å². The minimum Gasteiger partial charge on any atom is -0.389 e. The monoisotopic (exact) mass is 254 g/mol. The molecule has 0 spiro atoms. The quantitative estimate of drug-likeness (QED) is 0.583. The first-order valence-electron chi connectivity index (χ1n) is 6.19. The molecule has 0 aromatic carbocycles. The van der Waals surface area contributed by atoms with Crippen molar-refractivity contribution in [3.05, 3.63) is 37.0 Å². The predicted octanol–water partition coefficient (Wildman–Crippen LogP) is 2.34. The summed E-state index contributed by atoms with van der Waals surface area (Å²) in [6.45, 7) is 12.4. The summed E-state index contributed by atoms with van der Waals surface area (Å²) in [6.07, 6.45) is 5.67. The van der Waals surface area contributed by atoms with Gasteiger partial charge in [0.05, 0.1) is 17.3 Å². The molecule has 0 fully saturated rings. The molecule has 0 saturated carbocycles. The second-order valence-electron chi connectivity index (χ2n) is 5.53. The Balaban J connectivity index is 4.13. The zero-order chi connectivity index (χ0) is 14.4. The molecule has 3 N–H and O–H groups in total. The molecule has 3 heteroatoms. The van der Waals surface area contributed by atoms with Gasteiger partial charge in [-0.25, -0.2) is 0 Å². The van der Waals surface area contributed by atoms with Gasteiger partial charge in [-0.2, -0.15) is 0 Å². The topological polar surface area (TPSA) is 60.7 Å². The maximum absolute atomic E-state index is 9.86. The molecule has 0 heterocycles. The Morgan fingerprint density at radius 2 is 1.83 bits per heavy atom. The molecule has 0 aliphatic rings. The lowest BCUT2D eigenvalue weighted by molar-refractivity contribution is 0.0807. The third kappa shape index (κ3) is 8.23. The Bertz CT molecular complexity index is 308. The van der Waals surface area contributed by atoms with Gasteiger partial charge in [0, 0.05) is 0 Å². The number of rotatable bonds is 8. The fraction of sp³-hybridized carbons (Fsp3) is 0.600. The number of hydrogen-bond donors (Lipinski definition) is 3. The van der Waals surface area contributed by atoms with Crippen LogP contribution in [0.4, 0.5) is 0 Å². The number of hydrogen-bond acceptors (Lipinski definition) is 3. The first-order chi connectivity index (χ1) is 8.07. The molecule has 18 heavy (non-hydrogen) atoms. The van der Waals surface area contributed by atoms with Gasteiger partial charge < -0.3 is 15.3 Å². The van der Waals surface area contributed by atoms with E-state index in [0.717, 1.165) is 0 Å². The Morgan fingerprint density at radius 3 is 2.28 bits per heavy atom. The van der Waals surface area contributed by atoms with E-state index < -0.39 is 17.3 Å². The molecule has 0 bridgehead atoms. The SMILES string of the molecule is C=CC(C)(O)CCC(O)C(=C)CC=CC(C)(C)O. The Hall–Kier alpha value is -0.900. The molecule has 2 atom stereocenters. The molecule has 0 aromatic heterocycles. The molecule has 0 amide bonds. The van der Waals surface area contributed by atoms with Crippen molar-refractivity contribution in [3.63, 3.8) is 0 Å². The van der Waals surface area contributed by atoms with Crippen molar-refractivity contribution in [3.8, 4) is 0 Å². The van der Waals surface area contributed by atoms with Crippen LogP contribution in [0.3, 0.4) is 0 Å². The van der Waals surface area contributed by atoms with Gasteiger partial charge >= 0.3 is 0 Å². The predicted molar refractivity (Wildman–Crippen MR) is 75.3 cm³/mol. The molecule has 0 aliphatic carbocycles. The molecule has 0 aliphatic heterocycles. The van der Waals surface area contributed by atoms with Crippen LogP contribution in [0.2, 0.25) is 0 Å². The smallest absolute Gasteiger partial charge is 0.0798 e. The summed E-state index contributed by atoms with van der Waals surface area (Å²) in [6, 6.07) is 0. The second-order valence-corrected chi connectivity index (χ2v) is 5.53. The Morgan fingerprint density at radius 1 is 1.28 bits per heavy atom. The Labute approximate surface area is 110 Å². The average molecular weight is 254 g/mol. The van der Waals surface area contributed by atoms with Crippen LogP contribution in [0.5, 0.6) is 0 Å². The lowest BCUT2D eigenvalue weighted by Gasteiger charge is -2.21. The van der Waals surface area contributed by atoms with Gasteiger partial charge in [-0.3, -0.25) is 0 Å². The fourth-order valence-corrected chi connectivity index (χ4v) is 1.37. The average Bonchev–Trinajstić information content (AvgIpc) is 2.24. The molecule has 104 valence electrons. The van der Waals surface area contributed by atoms with Crippen LogP contribution in [0.15, 0.2) is 37.0 Å². The zero-order valence-electron chi connectivity index (χ0n) is 11.7. The van der Waals surface area contributed by atoms with E-state index in [1.807, 2.05) is 0 Å². The van der Waals surface area contributed by atoms with Crippen molar-refractivity contribution in [1.82, 2.24) is 0 Å². The molecule has 0 rings (SSSR count). The maximum atomic E-state index is 9.86. The van der Waals surface area contributed by atoms with Crippen molar-refractivity contribution in [1.29, 1.82) is 0 Å². The van der Waals surface area contributed by atoms with E-state index in [1.165, 1.54) is 6.08 Å². The van der Waals surface area contributed by atoms with Crippen LogP contribution in [0, 0.1) is 0 Å². The van der Waals surface area contributed by atoms with Crippen LogP contribution < -0.4 is 0 Å². The van der Waals surface area contributed by atoms with Gasteiger partial charge in [-0.1, -0.05) is 24.8 Å². The summed E-state index contributed by atoms with van der Waals surface area (Å²) in [7, 11) is 0. The lowest BCUT2D eigenvalue weighted by atomic mass is 9.94. The van der Waals surface area contributed by atoms with Crippen LogP contribution in [0.1, 0.15) is 40.0 Å². The molecule has 2 unspecified atom stereocenters. The normalized spacial score (nSPS) is 17.4. The van der Waals surface area contributed by atoms with E-state index in [2.05, 4.69) is 13.2 Å². The van der Waals surface area contributed by atoms with Crippen molar-refractivity contribution in [2.75, 3.05) is 0 Å². The van der Waals surface area contributed by atoms with E-state index in [0.29, 0.717) is 24.8 Å². The van der Waals surface area contributed by atoms with Gasteiger partial charge in [-0.05, 0) is 45.6 Å².